The van der Waals surface area contributed by atoms with E-state index in [2.05, 4.69) is 4.98 Å². The molecule has 1 N–H and O–H groups in total. The zero-order valence-corrected chi connectivity index (χ0v) is 9.39. The van der Waals surface area contributed by atoms with Gasteiger partial charge in [0.2, 0.25) is 5.43 Å². The highest BCUT2D eigenvalue weighted by Crippen LogP contribution is 2.18. The fourth-order valence-electron chi connectivity index (χ4n) is 1.19. The molecule has 66 valence electrons. The second-order valence-electron chi connectivity index (χ2n) is 2.63. The largest absolute Gasteiger partial charge is 0.359 e. The van der Waals surface area contributed by atoms with Gasteiger partial charge >= 0.3 is 0 Å². The van der Waals surface area contributed by atoms with Crippen molar-refractivity contribution in [1.82, 2.24) is 4.98 Å². The summed E-state index contributed by atoms with van der Waals surface area (Å²) in [4.78, 5) is 14.6. The normalized spacial score (nSPS) is 10.6. The summed E-state index contributed by atoms with van der Waals surface area (Å²) in [7, 11) is 0. The number of hydrogen-bond acceptors (Lipinski definition) is 1. The van der Waals surface area contributed by atoms with Crippen LogP contribution in [-0.4, -0.2) is 4.98 Å². The van der Waals surface area contributed by atoms with Gasteiger partial charge in [0.25, 0.3) is 0 Å². The van der Waals surface area contributed by atoms with Crippen LogP contribution in [0.3, 0.4) is 0 Å². The van der Waals surface area contributed by atoms with E-state index in [4.69, 9.17) is 11.6 Å². The number of para-hydroxylation sites is 1. The molecule has 2 rings (SSSR count). The smallest absolute Gasteiger partial charge is 0.202 e. The van der Waals surface area contributed by atoms with Crippen LogP contribution < -0.4 is 5.43 Å². The summed E-state index contributed by atoms with van der Waals surface area (Å²) in [5.41, 5.74) is 0.728. The van der Waals surface area contributed by atoms with Crippen molar-refractivity contribution < 1.29 is 0 Å². The van der Waals surface area contributed by atoms with E-state index in [-0.39, 0.29) is 5.43 Å². The van der Waals surface area contributed by atoms with Gasteiger partial charge in [-0.1, -0.05) is 17.7 Å². The predicted octanol–water partition coefficient (Wildman–Crippen LogP) is 2.79. The van der Waals surface area contributed by atoms with Crippen LogP contribution in [-0.2, 0) is 0 Å². The number of halogens is 2. The van der Waals surface area contributed by atoms with Crippen LogP contribution in [0.4, 0.5) is 0 Å². The van der Waals surface area contributed by atoms with Crippen molar-refractivity contribution in [3.8, 4) is 0 Å². The number of fused-ring (bicyclic) bond motifs is 1. The molecule has 1 heterocycles. The molecule has 0 saturated carbocycles. The Morgan fingerprint density at radius 2 is 2.15 bits per heavy atom. The second-order valence-corrected chi connectivity index (χ2v) is 4.20. The third-order valence-electron chi connectivity index (χ3n) is 1.82. The molecule has 4 heteroatoms. The van der Waals surface area contributed by atoms with E-state index in [0.29, 0.717) is 19.5 Å². The minimum Gasteiger partial charge on any atom is -0.359 e. The number of H-pyrrole nitrogens is 1. The number of aromatic nitrogens is 1. The van der Waals surface area contributed by atoms with Gasteiger partial charge in [-0.2, -0.15) is 0 Å². The Labute approximate surface area is 93.1 Å². The zero-order valence-electron chi connectivity index (χ0n) is 6.47. The lowest BCUT2D eigenvalue weighted by Crippen LogP contribution is -2.06. The summed E-state index contributed by atoms with van der Waals surface area (Å²) in [6.45, 7) is 0. The quantitative estimate of drug-likeness (QED) is 0.746. The maximum Gasteiger partial charge on any atom is 0.202 e. The Morgan fingerprint density at radius 1 is 1.38 bits per heavy atom. The fraction of sp³-hybridized carbons (Fsp3) is 0. The van der Waals surface area contributed by atoms with Crippen molar-refractivity contribution in [2.45, 2.75) is 0 Å². The van der Waals surface area contributed by atoms with Crippen molar-refractivity contribution in [2.24, 2.45) is 0 Å². The van der Waals surface area contributed by atoms with Crippen molar-refractivity contribution in [3.05, 3.63) is 43.2 Å². The molecule has 1 aromatic heterocycles. The summed E-state index contributed by atoms with van der Waals surface area (Å²) in [6.07, 6.45) is 1.66. The lowest BCUT2D eigenvalue weighted by molar-refractivity contribution is 1.36. The van der Waals surface area contributed by atoms with Crippen LogP contribution in [0.5, 0.6) is 0 Å². The van der Waals surface area contributed by atoms with E-state index in [9.17, 15) is 4.79 Å². The molecular formula is C9H5ClINO. The van der Waals surface area contributed by atoms with Crippen LogP contribution in [0, 0.1) is 3.57 Å². The highest BCUT2D eigenvalue weighted by Gasteiger charge is 2.03. The molecule has 0 bridgehead atoms. The Hall–Kier alpha value is -0.550. The van der Waals surface area contributed by atoms with E-state index in [1.807, 2.05) is 22.6 Å². The van der Waals surface area contributed by atoms with Crippen LogP contribution >= 0.6 is 34.2 Å². The maximum absolute atomic E-state index is 11.6. The molecule has 0 amide bonds. The van der Waals surface area contributed by atoms with Crippen molar-refractivity contribution in [1.29, 1.82) is 0 Å². The summed E-state index contributed by atoms with van der Waals surface area (Å²) < 4.78 is 0.673. The first-order chi connectivity index (χ1) is 6.20. The lowest BCUT2D eigenvalue weighted by atomic mass is 10.2. The van der Waals surface area contributed by atoms with Crippen LogP contribution in [0.15, 0.2) is 29.2 Å². The Balaban J connectivity index is 3.03. The molecule has 0 aliphatic rings. The van der Waals surface area contributed by atoms with Crippen LogP contribution in [0.2, 0.25) is 5.02 Å². The van der Waals surface area contributed by atoms with Gasteiger partial charge in [0, 0.05) is 11.6 Å². The average molecular weight is 306 g/mol. The fourth-order valence-corrected chi connectivity index (χ4v) is 1.87. The SMILES string of the molecule is O=c1c(I)c[nH]c2c(Cl)cccc12. The summed E-state index contributed by atoms with van der Waals surface area (Å²) in [6, 6.07) is 5.30. The van der Waals surface area contributed by atoms with Gasteiger partial charge in [0.15, 0.2) is 0 Å². The first-order valence-corrected chi connectivity index (χ1v) is 5.11. The molecule has 0 fully saturated rings. The minimum absolute atomic E-state index is 0.0249. The highest BCUT2D eigenvalue weighted by molar-refractivity contribution is 14.1. The van der Waals surface area contributed by atoms with Crippen molar-refractivity contribution >= 4 is 45.1 Å². The standard InChI is InChI=1S/C9H5ClINO/c10-6-3-1-2-5-8(6)12-4-7(11)9(5)13/h1-4H,(H,12,13). The number of rotatable bonds is 0. The van der Waals surface area contributed by atoms with Gasteiger partial charge in [0.1, 0.15) is 0 Å². The van der Waals surface area contributed by atoms with Crippen molar-refractivity contribution in [3.63, 3.8) is 0 Å². The monoisotopic (exact) mass is 305 g/mol. The van der Waals surface area contributed by atoms with Crippen LogP contribution in [0.1, 0.15) is 0 Å². The number of pyridine rings is 1. The molecule has 0 aliphatic carbocycles. The van der Waals surface area contributed by atoms with E-state index in [0.717, 1.165) is 0 Å². The molecule has 1 aromatic carbocycles. The molecule has 0 unspecified atom stereocenters. The molecular weight excluding hydrogens is 300 g/mol. The summed E-state index contributed by atoms with van der Waals surface area (Å²) in [5, 5.41) is 1.21. The van der Waals surface area contributed by atoms with E-state index in [1.54, 1.807) is 24.4 Å². The van der Waals surface area contributed by atoms with E-state index >= 15 is 0 Å². The molecule has 0 saturated heterocycles. The summed E-state index contributed by atoms with van der Waals surface area (Å²) in [5.74, 6) is 0. The van der Waals surface area contributed by atoms with Crippen molar-refractivity contribution in [2.75, 3.05) is 0 Å². The molecule has 2 aromatic rings. The lowest BCUT2D eigenvalue weighted by Gasteiger charge is -1.99. The van der Waals surface area contributed by atoms with Gasteiger partial charge in [-0.05, 0) is 34.7 Å². The van der Waals surface area contributed by atoms with E-state index in [1.165, 1.54) is 0 Å². The van der Waals surface area contributed by atoms with E-state index < -0.39 is 0 Å². The molecule has 2 nitrogen and oxygen atoms in total. The van der Waals surface area contributed by atoms with Crippen LogP contribution in [0.25, 0.3) is 10.9 Å². The minimum atomic E-state index is 0.0249. The topological polar surface area (TPSA) is 32.9 Å². The third-order valence-corrected chi connectivity index (χ3v) is 2.93. The number of nitrogens with one attached hydrogen (secondary N) is 1. The molecule has 0 aliphatic heterocycles. The Bertz CT molecular complexity index is 520. The Kier molecular flexibility index (Phi) is 2.29. The number of benzene rings is 1. The third kappa shape index (κ3) is 1.46. The highest BCUT2D eigenvalue weighted by atomic mass is 127. The number of aromatic amines is 1. The van der Waals surface area contributed by atoms with Gasteiger partial charge in [-0.3, -0.25) is 4.79 Å². The first-order valence-electron chi connectivity index (χ1n) is 3.65. The van der Waals surface area contributed by atoms with Gasteiger partial charge in [0.05, 0.1) is 14.1 Å². The van der Waals surface area contributed by atoms with Gasteiger partial charge in [-0.15, -0.1) is 0 Å². The molecule has 13 heavy (non-hydrogen) atoms. The summed E-state index contributed by atoms with van der Waals surface area (Å²) >= 11 is 7.91. The molecule has 0 atom stereocenters. The maximum atomic E-state index is 11.6. The Morgan fingerprint density at radius 3 is 2.92 bits per heavy atom. The van der Waals surface area contributed by atoms with Gasteiger partial charge in [-0.25, -0.2) is 0 Å². The average Bonchev–Trinajstić information content (AvgIpc) is 2.12. The molecule has 0 radical (unpaired) electrons. The first kappa shape index (κ1) is 9.02. The number of hydrogen-bond donors (Lipinski definition) is 1. The second kappa shape index (κ2) is 3.31. The van der Waals surface area contributed by atoms with Gasteiger partial charge < -0.3 is 4.98 Å². The molecule has 0 spiro atoms. The predicted molar refractivity (Wildman–Crippen MR) is 62.3 cm³/mol. The zero-order chi connectivity index (χ0) is 9.42.